The van der Waals surface area contributed by atoms with Crippen LogP contribution in [0.15, 0.2) is 61.1 Å². The van der Waals surface area contributed by atoms with Crippen LogP contribution in [0.5, 0.6) is 0 Å². The van der Waals surface area contributed by atoms with Gasteiger partial charge in [-0.2, -0.15) is 0 Å². The molecule has 4 heterocycles. The molecule has 0 saturated carbocycles. The zero-order valence-electron chi connectivity index (χ0n) is 16.9. The topological polar surface area (TPSA) is 68.5 Å². The number of para-hydroxylation sites is 1. The fourth-order valence-electron chi connectivity index (χ4n) is 4.33. The molecule has 6 nitrogen and oxygen atoms in total. The molecule has 5 rings (SSSR count). The van der Waals surface area contributed by atoms with E-state index < -0.39 is 0 Å². The average Bonchev–Trinajstić information content (AvgIpc) is 3.36. The second-order valence-corrected chi connectivity index (χ2v) is 7.97. The molecular formula is C24H24N4O2. The van der Waals surface area contributed by atoms with Crippen LogP contribution in [0.3, 0.4) is 0 Å². The Balaban J connectivity index is 1.29. The van der Waals surface area contributed by atoms with Crippen molar-refractivity contribution in [3.8, 4) is 0 Å². The van der Waals surface area contributed by atoms with E-state index in [2.05, 4.69) is 27.4 Å². The van der Waals surface area contributed by atoms with Gasteiger partial charge in [-0.15, -0.1) is 0 Å². The number of nitrogens with zero attached hydrogens (tertiary/aromatic N) is 3. The smallest absolute Gasteiger partial charge is 0.226 e. The fraction of sp³-hybridized carbons (Fsp3) is 0.292. The highest BCUT2D eigenvalue weighted by Crippen LogP contribution is 2.24. The molecule has 0 unspecified atom stereocenters. The van der Waals surface area contributed by atoms with Crippen molar-refractivity contribution >= 4 is 22.5 Å². The molecule has 30 heavy (non-hydrogen) atoms. The van der Waals surface area contributed by atoms with Crippen LogP contribution in [0.1, 0.15) is 16.8 Å². The summed E-state index contributed by atoms with van der Waals surface area (Å²) >= 11 is 0. The van der Waals surface area contributed by atoms with E-state index in [9.17, 15) is 4.79 Å². The molecule has 0 bridgehead atoms. The number of fused-ring (bicyclic) bond motifs is 2. The summed E-state index contributed by atoms with van der Waals surface area (Å²) in [5.41, 5.74) is 5.12. The molecule has 1 N–H and O–H groups in total. The van der Waals surface area contributed by atoms with Crippen LogP contribution in [0.25, 0.3) is 16.6 Å². The number of pyridine rings is 2. The van der Waals surface area contributed by atoms with Crippen LogP contribution in [-0.4, -0.2) is 39.5 Å². The standard InChI is InChI=1S/C24H24N4O2/c1-16-5-4-10-28-19(13-26-24(16)28)12-23(29)27-22-15-30-14-18(22)11-17-8-9-25-21-7-3-2-6-20(17)21/h2-10,13,18,22H,11-12,14-15H2,1H3,(H,27,29)/t18-,22+/m1/s1. The monoisotopic (exact) mass is 400 g/mol. The second-order valence-electron chi connectivity index (χ2n) is 7.97. The van der Waals surface area contributed by atoms with Gasteiger partial charge in [0.05, 0.1) is 36.9 Å². The van der Waals surface area contributed by atoms with Gasteiger partial charge < -0.3 is 14.5 Å². The largest absolute Gasteiger partial charge is 0.379 e. The molecule has 1 saturated heterocycles. The number of nitrogens with one attached hydrogen (secondary N) is 1. The summed E-state index contributed by atoms with van der Waals surface area (Å²) in [7, 11) is 0. The van der Waals surface area contributed by atoms with Crippen molar-refractivity contribution in [3.05, 3.63) is 77.9 Å². The van der Waals surface area contributed by atoms with Crippen molar-refractivity contribution in [2.75, 3.05) is 13.2 Å². The van der Waals surface area contributed by atoms with Gasteiger partial charge in [0.15, 0.2) is 0 Å². The van der Waals surface area contributed by atoms with Crippen molar-refractivity contribution in [3.63, 3.8) is 0 Å². The molecule has 0 aliphatic carbocycles. The van der Waals surface area contributed by atoms with E-state index >= 15 is 0 Å². The fourth-order valence-corrected chi connectivity index (χ4v) is 4.33. The summed E-state index contributed by atoms with van der Waals surface area (Å²) in [6.45, 7) is 3.22. The number of hydrogen-bond donors (Lipinski definition) is 1. The van der Waals surface area contributed by atoms with Gasteiger partial charge in [-0.1, -0.05) is 24.3 Å². The van der Waals surface area contributed by atoms with Crippen LogP contribution in [0.2, 0.25) is 0 Å². The normalized spacial score (nSPS) is 18.8. The summed E-state index contributed by atoms with van der Waals surface area (Å²) in [5.74, 6) is 0.238. The third-order valence-corrected chi connectivity index (χ3v) is 5.92. The van der Waals surface area contributed by atoms with Gasteiger partial charge in [-0.25, -0.2) is 4.98 Å². The molecule has 1 aromatic carbocycles. The van der Waals surface area contributed by atoms with E-state index in [4.69, 9.17) is 4.74 Å². The molecule has 1 amide bonds. The zero-order chi connectivity index (χ0) is 20.5. The number of rotatable bonds is 5. The minimum Gasteiger partial charge on any atom is -0.379 e. The Morgan fingerprint density at radius 2 is 2.07 bits per heavy atom. The van der Waals surface area contributed by atoms with Crippen molar-refractivity contribution in [1.29, 1.82) is 0 Å². The van der Waals surface area contributed by atoms with E-state index in [1.54, 1.807) is 6.20 Å². The molecule has 3 aromatic heterocycles. The van der Waals surface area contributed by atoms with Gasteiger partial charge in [-0.3, -0.25) is 9.78 Å². The first-order valence-electron chi connectivity index (χ1n) is 10.3. The van der Waals surface area contributed by atoms with Gasteiger partial charge in [0, 0.05) is 29.9 Å². The average molecular weight is 400 g/mol. The quantitative estimate of drug-likeness (QED) is 0.559. The summed E-state index contributed by atoms with van der Waals surface area (Å²) < 4.78 is 7.71. The first kappa shape index (κ1) is 18.8. The van der Waals surface area contributed by atoms with E-state index in [1.807, 2.05) is 54.0 Å². The van der Waals surface area contributed by atoms with Crippen molar-refractivity contribution in [2.24, 2.45) is 5.92 Å². The van der Waals surface area contributed by atoms with Crippen molar-refractivity contribution in [2.45, 2.75) is 25.8 Å². The highest BCUT2D eigenvalue weighted by atomic mass is 16.5. The predicted octanol–water partition coefficient (Wildman–Crippen LogP) is 3.11. The SMILES string of the molecule is Cc1cccn2c(CC(=O)N[C@H]3COC[C@H]3Cc3ccnc4ccccc34)cnc12. The van der Waals surface area contributed by atoms with Crippen LogP contribution in [0, 0.1) is 12.8 Å². The number of benzene rings is 1. The number of aryl methyl sites for hydroxylation is 1. The van der Waals surface area contributed by atoms with Crippen LogP contribution < -0.4 is 5.32 Å². The van der Waals surface area contributed by atoms with Gasteiger partial charge in [0.2, 0.25) is 5.91 Å². The molecule has 0 radical (unpaired) electrons. The van der Waals surface area contributed by atoms with E-state index in [-0.39, 0.29) is 17.9 Å². The van der Waals surface area contributed by atoms with Gasteiger partial charge in [0.25, 0.3) is 0 Å². The highest BCUT2D eigenvalue weighted by Gasteiger charge is 2.30. The molecule has 1 aliphatic heterocycles. The summed E-state index contributed by atoms with van der Waals surface area (Å²) in [6, 6.07) is 14.2. The maximum atomic E-state index is 12.8. The van der Waals surface area contributed by atoms with Gasteiger partial charge in [-0.05, 0) is 42.7 Å². The number of ether oxygens (including phenoxy) is 1. The van der Waals surface area contributed by atoms with E-state index in [1.165, 1.54) is 5.56 Å². The van der Waals surface area contributed by atoms with Gasteiger partial charge >= 0.3 is 0 Å². The molecule has 152 valence electrons. The third kappa shape index (κ3) is 3.55. The Hall–Kier alpha value is -3.25. The third-order valence-electron chi connectivity index (χ3n) is 5.92. The minimum absolute atomic E-state index is 0.00149. The van der Waals surface area contributed by atoms with Crippen LogP contribution in [-0.2, 0) is 22.4 Å². The van der Waals surface area contributed by atoms with Crippen LogP contribution >= 0.6 is 0 Å². The molecular weight excluding hydrogens is 376 g/mol. The molecule has 2 atom stereocenters. The van der Waals surface area contributed by atoms with Crippen molar-refractivity contribution < 1.29 is 9.53 Å². The maximum absolute atomic E-state index is 12.8. The summed E-state index contributed by atoms with van der Waals surface area (Å²) in [5, 5.41) is 4.36. The lowest BCUT2D eigenvalue weighted by Crippen LogP contribution is -2.41. The molecule has 6 heteroatoms. The zero-order valence-corrected chi connectivity index (χ0v) is 16.9. The van der Waals surface area contributed by atoms with Crippen LogP contribution in [0.4, 0.5) is 0 Å². The lowest BCUT2D eigenvalue weighted by molar-refractivity contribution is -0.121. The lowest BCUT2D eigenvalue weighted by atomic mass is 9.93. The number of amides is 1. The molecule has 4 aromatic rings. The Labute approximate surface area is 174 Å². The van der Waals surface area contributed by atoms with Crippen molar-refractivity contribution in [1.82, 2.24) is 19.7 Å². The summed E-state index contributed by atoms with van der Waals surface area (Å²) in [6.07, 6.45) is 6.74. The number of carbonyl (C=O) groups is 1. The number of carbonyl (C=O) groups excluding carboxylic acids is 1. The van der Waals surface area contributed by atoms with E-state index in [0.29, 0.717) is 19.6 Å². The predicted molar refractivity (Wildman–Crippen MR) is 115 cm³/mol. The Morgan fingerprint density at radius 1 is 1.17 bits per heavy atom. The lowest BCUT2D eigenvalue weighted by Gasteiger charge is -2.20. The Kier molecular flexibility index (Phi) is 4.93. The maximum Gasteiger partial charge on any atom is 0.226 e. The highest BCUT2D eigenvalue weighted by molar-refractivity contribution is 5.82. The summed E-state index contributed by atoms with van der Waals surface area (Å²) in [4.78, 5) is 21.7. The molecule has 1 fully saturated rings. The van der Waals surface area contributed by atoms with Gasteiger partial charge in [0.1, 0.15) is 5.65 Å². The number of imidazole rings is 1. The Morgan fingerprint density at radius 3 is 3.00 bits per heavy atom. The molecule has 0 spiro atoms. The molecule has 1 aliphatic rings. The first-order valence-corrected chi connectivity index (χ1v) is 10.3. The number of aromatic nitrogens is 3. The Bertz CT molecular complexity index is 1210. The minimum atomic E-state index is -0.00149. The second kappa shape index (κ2) is 7.88. The van der Waals surface area contributed by atoms with E-state index in [0.717, 1.165) is 34.2 Å². The first-order chi connectivity index (χ1) is 14.7. The number of hydrogen-bond acceptors (Lipinski definition) is 4.